The van der Waals surface area contributed by atoms with Gasteiger partial charge in [0.05, 0.1) is 16.7 Å². The van der Waals surface area contributed by atoms with Crippen LogP contribution in [0, 0.1) is 0 Å². The Labute approximate surface area is 242 Å². The Morgan fingerprint density at radius 2 is 0.976 bits per heavy atom. The van der Waals surface area contributed by atoms with Crippen molar-refractivity contribution in [1.82, 2.24) is 9.97 Å². The Bertz CT molecular complexity index is 2450. The first-order valence-corrected chi connectivity index (χ1v) is 14.3. The molecular formula is C40H24N2. The van der Waals surface area contributed by atoms with Gasteiger partial charge in [0.1, 0.15) is 0 Å². The zero-order valence-corrected chi connectivity index (χ0v) is 22.8. The maximum atomic E-state index is 5.41. The molecule has 2 nitrogen and oxygen atoms in total. The second-order valence-corrected chi connectivity index (χ2v) is 10.9. The van der Waals surface area contributed by atoms with Gasteiger partial charge in [0.15, 0.2) is 0 Å². The first-order valence-electron chi connectivity index (χ1n) is 14.3. The van der Waals surface area contributed by atoms with Crippen molar-refractivity contribution in [2.24, 2.45) is 0 Å². The molecule has 0 N–H and O–H groups in total. The van der Waals surface area contributed by atoms with Gasteiger partial charge in [-0.05, 0) is 55.6 Å². The fourth-order valence-electron chi connectivity index (χ4n) is 6.89. The number of benzene rings is 7. The third kappa shape index (κ3) is 3.27. The second-order valence-electron chi connectivity index (χ2n) is 10.9. The van der Waals surface area contributed by atoms with Gasteiger partial charge in [-0.2, -0.15) is 0 Å². The van der Waals surface area contributed by atoms with Crippen molar-refractivity contribution in [3.05, 3.63) is 146 Å². The molecule has 0 saturated heterocycles. The Kier molecular flexibility index (Phi) is 4.93. The predicted octanol–water partition coefficient (Wildman–Crippen LogP) is 10.7. The van der Waals surface area contributed by atoms with Crippen LogP contribution in [0.2, 0.25) is 0 Å². The van der Waals surface area contributed by atoms with Gasteiger partial charge in [0.2, 0.25) is 0 Å². The lowest BCUT2D eigenvalue weighted by atomic mass is 9.84. The summed E-state index contributed by atoms with van der Waals surface area (Å²) in [5.74, 6) is 0. The number of aromatic nitrogens is 2. The fourth-order valence-corrected chi connectivity index (χ4v) is 6.89. The predicted molar refractivity (Wildman–Crippen MR) is 178 cm³/mol. The van der Waals surface area contributed by atoms with E-state index in [1.54, 1.807) is 0 Å². The molecule has 0 unspecified atom stereocenters. The number of hydrogen-bond acceptors (Lipinski definition) is 2. The zero-order chi connectivity index (χ0) is 27.6. The van der Waals surface area contributed by atoms with Crippen LogP contribution < -0.4 is 0 Å². The van der Waals surface area contributed by atoms with Gasteiger partial charge in [-0.15, -0.1) is 0 Å². The molecule has 0 amide bonds. The lowest BCUT2D eigenvalue weighted by molar-refractivity contribution is 1.42. The molecule has 0 bridgehead atoms. The number of nitrogens with zero attached hydrogens (tertiary/aromatic N) is 2. The van der Waals surface area contributed by atoms with E-state index in [9.17, 15) is 0 Å². The third-order valence-electron chi connectivity index (χ3n) is 8.66. The summed E-state index contributed by atoms with van der Waals surface area (Å²) in [5, 5.41) is 11.9. The summed E-state index contributed by atoms with van der Waals surface area (Å²) in [6, 6.07) is 50.0. The molecule has 2 aromatic heterocycles. The maximum absolute atomic E-state index is 5.41. The molecule has 9 rings (SSSR count). The average Bonchev–Trinajstić information content (AvgIpc) is 3.06. The van der Waals surface area contributed by atoms with Crippen molar-refractivity contribution in [3.63, 3.8) is 0 Å². The van der Waals surface area contributed by atoms with Crippen LogP contribution in [-0.4, -0.2) is 9.97 Å². The summed E-state index contributed by atoms with van der Waals surface area (Å²) in [6.45, 7) is 0. The monoisotopic (exact) mass is 532 g/mol. The largest absolute Gasteiger partial charge is 0.256 e. The van der Waals surface area contributed by atoms with Crippen LogP contribution in [0.5, 0.6) is 0 Å². The van der Waals surface area contributed by atoms with Crippen molar-refractivity contribution in [3.8, 4) is 22.4 Å². The molecule has 7 aromatic carbocycles. The van der Waals surface area contributed by atoms with Gasteiger partial charge in [-0.1, -0.05) is 127 Å². The summed E-state index contributed by atoms with van der Waals surface area (Å²) >= 11 is 0. The van der Waals surface area contributed by atoms with Crippen LogP contribution in [0.25, 0.3) is 87.3 Å². The lowest BCUT2D eigenvalue weighted by Gasteiger charge is -2.20. The Balaban J connectivity index is 1.50. The smallest absolute Gasteiger partial charge is 0.0801 e. The summed E-state index contributed by atoms with van der Waals surface area (Å²) in [6.07, 6.45) is 1.89. The van der Waals surface area contributed by atoms with Crippen LogP contribution in [0.4, 0.5) is 0 Å². The Hall–Kier alpha value is -5.60. The molecule has 0 aliphatic heterocycles. The molecule has 0 saturated carbocycles. The molecule has 0 fully saturated rings. The number of para-hydroxylation sites is 1. The molecule has 194 valence electrons. The first-order chi connectivity index (χ1) is 20.9. The van der Waals surface area contributed by atoms with Gasteiger partial charge >= 0.3 is 0 Å². The van der Waals surface area contributed by atoms with Crippen molar-refractivity contribution in [1.29, 1.82) is 0 Å². The van der Waals surface area contributed by atoms with Crippen molar-refractivity contribution < 1.29 is 0 Å². The van der Waals surface area contributed by atoms with E-state index in [0.717, 1.165) is 43.8 Å². The standard InChI is InChI=1S/C40H24N2/c1-2-14-27-25(11-1)12-9-20-28(27)36-29-15-3-5-17-31(29)37(32-18-6-4-16-30(32)36)40-34-23-22-26-13-10-24-41-39(26)38(34)33-19-7-8-21-35(33)42-40/h1-24H. The number of pyridine rings is 2. The highest BCUT2D eigenvalue weighted by Crippen LogP contribution is 2.47. The van der Waals surface area contributed by atoms with E-state index in [1.165, 1.54) is 43.4 Å². The van der Waals surface area contributed by atoms with Crippen LogP contribution in [0.15, 0.2) is 146 Å². The molecule has 2 heteroatoms. The van der Waals surface area contributed by atoms with Gasteiger partial charge < -0.3 is 0 Å². The topological polar surface area (TPSA) is 25.8 Å². The molecule has 0 radical (unpaired) electrons. The minimum absolute atomic E-state index is 0.976. The SMILES string of the molecule is c1ccc2c(-c3c4ccccc4c(-c4nc5ccccc5c5c4ccc4cccnc45)c4ccccc34)cccc2c1. The highest BCUT2D eigenvalue weighted by molar-refractivity contribution is 6.28. The number of hydrogen-bond donors (Lipinski definition) is 0. The average molecular weight is 533 g/mol. The number of rotatable bonds is 2. The molecule has 0 aliphatic carbocycles. The summed E-state index contributed by atoms with van der Waals surface area (Å²) in [4.78, 5) is 10.3. The van der Waals surface area contributed by atoms with E-state index >= 15 is 0 Å². The van der Waals surface area contributed by atoms with E-state index in [-0.39, 0.29) is 0 Å². The van der Waals surface area contributed by atoms with E-state index in [1.807, 2.05) is 12.3 Å². The molecule has 0 aliphatic rings. The minimum atomic E-state index is 0.976. The maximum Gasteiger partial charge on any atom is 0.0801 e. The van der Waals surface area contributed by atoms with Crippen LogP contribution in [0.1, 0.15) is 0 Å². The second kappa shape index (κ2) is 8.95. The molecule has 2 heterocycles. The van der Waals surface area contributed by atoms with Crippen molar-refractivity contribution in [2.45, 2.75) is 0 Å². The van der Waals surface area contributed by atoms with Crippen LogP contribution >= 0.6 is 0 Å². The normalized spacial score (nSPS) is 11.8. The fraction of sp³-hybridized carbons (Fsp3) is 0. The molecule has 0 spiro atoms. The zero-order valence-electron chi connectivity index (χ0n) is 22.8. The van der Waals surface area contributed by atoms with Gasteiger partial charge in [0.25, 0.3) is 0 Å². The molecular weight excluding hydrogens is 508 g/mol. The van der Waals surface area contributed by atoms with Crippen molar-refractivity contribution >= 4 is 64.9 Å². The quantitative estimate of drug-likeness (QED) is 0.163. The summed E-state index contributed by atoms with van der Waals surface area (Å²) in [5.41, 5.74) is 6.65. The van der Waals surface area contributed by atoms with E-state index in [0.29, 0.717) is 0 Å². The van der Waals surface area contributed by atoms with Crippen molar-refractivity contribution in [2.75, 3.05) is 0 Å². The lowest BCUT2D eigenvalue weighted by Crippen LogP contribution is -1.95. The third-order valence-corrected chi connectivity index (χ3v) is 8.66. The molecule has 0 atom stereocenters. The summed E-state index contributed by atoms with van der Waals surface area (Å²) in [7, 11) is 0. The Morgan fingerprint density at radius 3 is 1.74 bits per heavy atom. The van der Waals surface area contributed by atoms with E-state index in [2.05, 4.69) is 133 Å². The van der Waals surface area contributed by atoms with Crippen LogP contribution in [0.3, 0.4) is 0 Å². The minimum Gasteiger partial charge on any atom is -0.256 e. The first kappa shape index (κ1) is 23.1. The van der Waals surface area contributed by atoms with E-state index in [4.69, 9.17) is 9.97 Å². The van der Waals surface area contributed by atoms with Gasteiger partial charge in [-0.3, -0.25) is 4.98 Å². The molecule has 9 aromatic rings. The highest BCUT2D eigenvalue weighted by Gasteiger charge is 2.21. The van der Waals surface area contributed by atoms with E-state index < -0.39 is 0 Å². The highest BCUT2D eigenvalue weighted by atomic mass is 14.7. The number of fused-ring (bicyclic) bond motifs is 8. The van der Waals surface area contributed by atoms with Crippen LogP contribution in [-0.2, 0) is 0 Å². The Morgan fingerprint density at radius 1 is 0.381 bits per heavy atom. The molecule has 42 heavy (non-hydrogen) atoms. The summed E-state index contributed by atoms with van der Waals surface area (Å²) < 4.78 is 0. The van der Waals surface area contributed by atoms with Gasteiger partial charge in [-0.25, -0.2) is 4.98 Å². The van der Waals surface area contributed by atoms with Gasteiger partial charge in [0, 0.05) is 33.3 Å².